The molecule has 0 aliphatic carbocycles. The molecule has 2 fully saturated rings. The molecular weight excluding hydrogens is 388 g/mol. The predicted octanol–water partition coefficient (Wildman–Crippen LogP) is 2.24. The molecule has 4 rings (SSSR count). The molecule has 0 unspecified atom stereocenters. The van der Waals surface area contributed by atoms with Crippen LogP contribution in [0.2, 0.25) is 0 Å². The van der Waals surface area contributed by atoms with Crippen LogP contribution in [0.4, 0.5) is 5.82 Å². The first-order valence-electron chi connectivity index (χ1n) is 10.3. The van der Waals surface area contributed by atoms with Crippen molar-refractivity contribution in [3.8, 4) is 0 Å². The van der Waals surface area contributed by atoms with Crippen LogP contribution in [0.25, 0.3) is 10.9 Å². The van der Waals surface area contributed by atoms with Crippen LogP contribution in [0, 0.1) is 5.92 Å². The monoisotopic (exact) mass is 416 g/mol. The first kappa shape index (κ1) is 20.1. The van der Waals surface area contributed by atoms with Crippen molar-refractivity contribution >= 4 is 32.7 Å². The minimum Gasteiger partial charge on any atom is -0.356 e. The number of sulfonamides is 1. The van der Waals surface area contributed by atoms with Gasteiger partial charge in [0.15, 0.2) is 0 Å². The minimum absolute atomic E-state index is 0.101. The van der Waals surface area contributed by atoms with Crippen LogP contribution in [0.5, 0.6) is 0 Å². The average Bonchev–Trinajstić information content (AvgIpc) is 3.25. The lowest BCUT2D eigenvalue weighted by Crippen LogP contribution is -2.41. The van der Waals surface area contributed by atoms with Crippen molar-refractivity contribution in [1.82, 2.24) is 14.6 Å². The first-order chi connectivity index (χ1) is 13.9. The predicted molar refractivity (Wildman–Crippen MR) is 115 cm³/mol. The van der Waals surface area contributed by atoms with Crippen molar-refractivity contribution in [3.05, 3.63) is 35.9 Å². The van der Waals surface area contributed by atoms with Gasteiger partial charge in [-0.3, -0.25) is 4.79 Å². The highest BCUT2D eigenvalue weighted by Crippen LogP contribution is 2.27. The van der Waals surface area contributed by atoms with Gasteiger partial charge in [0.2, 0.25) is 10.0 Å². The van der Waals surface area contributed by atoms with Crippen molar-refractivity contribution < 1.29 is 13.2 Å². The molecule has 29 heavy (non-hydrogen) atoms. The number of nitrogens with one attached hydrogen (secondary N) is 1. The van der Waals surface area contributed by atoms with Gasteiger partial charge in [0.05, 0.1) is 17.3 Å². The van der Waals surface area contributed by atoms with Gasteiger partial charge in [0, 0.05) is 38.1 Å². The lowest BCUT2D eigenvalue weighted by molar-refractivity contribution is 0.0942. The van der Waals surface area contributed by atoms with E-state index in [1.54, 1.807) is 0 Å². The van der Waals surface area contributed by atoms with Gasteiger partial charge in [0.25, 0.3) is 5.91 Å². The van der Waals surface area contributed by atoms with Gasteiger partial charge < -0.3 is 10.2 Å². The number of anilines is 1. The summed E-state index contributed by atoms with van der Waals surface area (Å²) >= 11 is 0. The molecule has 2 aliphatic heterocycles. The summed E-state index contributed by atoms with van der Waals surface area (Å²) in [6.07, 6.45) is 5.02. The lowest BCUT2D eigenvalue weighted by Gasteiger charge is -2.30. The van der Waals surface area contributed by atoms with Crippen molar-refractivity contribution in [2.75, 3.05) is 43.9 Å². The molecule has 3 heterocycles. The molecule has 8 heteroatoms. The van der Waals surface area contributed by atoms with Crippen LogP contribution in [0.15, 0.2) is 30.3 Å². The highest BCUT2D eigenvalue weighted by atomic mass is 32.2. The van der Waals surface area contributed by atoms with E-state index in [1.165, 1.54) is 10.6 Å². The summed E-state index contributed by atoms with van der Waals surface area (Å²) in [5, 5.41) is 4.04. The van der Waals surface area contributed by atoms with E-state index in [4.69, 9.17) is 4.98 Å². The Balaban J connectivity index is 1.47. The average molecular weight is 417 g/mol. The highest BCUT2D eigenvalue weighted by molar-refractivity contribution is 7.88. The number of aromatic nitrogens is 1. The first-order valence-corrected chi connectivity index (χ1v) is 12.1. The molecule has 1 aromatic carbocycles. The number of fused-ring (bicyclic) bond motifs is 1. The molecule has 2 aliphatic rings. The van der Waals surface area contributed by atoms with Crippen molar-refractivity contribution in [1.29, 1.82) is 0 Å². The van der Waals surface area contributed by atoms with Crippen LogP contribution in [-0.4, -0.2) is 62.6 Å². The standard InChI is InChI=1S/C21H28N4O3S/c1-29(27,28)25-12-8-16(9-13-25)15-22-21(26)18-14-17-6-2-3-7-19(17)23-20(18)24-10-4-5-11-24/h2-3,6-7,14,16H,4-5,8-13,15H2,1H3,(H,22,26). The van der Waals surface area contributed by atoms with E-state index >= 15 is 0 Å². The Labute approximate surface area is 172 Å². The Morgan fingerprint density at radius 2 is 1.83 bits per heavy atom. The number of amides is 1. The zero-order valence-electron chi connectivity index (χ0n) is 16.8. The molecule has 7 nitrogen and oxygen atoms in total. The van der Waals surface area contributed by atoms with Crippen molar-refractivity contribution in [3.63, 3.8) is 0 Å². The second kappa shape index (κ2) is 8.28. The maximum Gasteiger partial charge on any atom is 0.255 e. The number of para-hydroxylation sites is 1. The highest BCUT2D eigenvalue weighted by Gasteiger charge is 2.26. The third kappa shape index (κ3) is 4.53. The van der Waals surface area contributed by atoms with Crippen LogP contribution in [0.1, 0.15) is 36.0 Å². The quantitative estimate of drug-likeness (QED) is 0.808. The molecule has 156 valence electrons. The normalized spacial score (nSPS) is 19.0. The number of benzene rings is 1. The largest absolute Gasteiger partial charge is 0.356 e. The Morgan fingerprint density at radius 1 is 1.14 bits per heavy atom. The minimum atomic E-state index is -3.13. The number of nitrogens with zero attached hydrogens (tertiary/aromatic N) is 3. The van der Waals surface area contributed by atoms with Crippen molar-refractivity contribution in [2.24, 2.45) is 5.92 Å². The number of carbonyl (C=O) groups is 1. The van der Waals surface area contributed by atoms with E-state index in [0.29, 0.717) is 31.1 Å². The third-order valence-electron chi connectivity index (χ3n) is 5.95. The number of rotatable bonds is 5. The fourth-order valence-electron chi connectivity index (χ4n) is 4.22. The summed E-state index contributed by atoms with van der Waals surface area (Å²) in [6, 6.07) is 9.82. The van der Waals surface area contributed by atoms with Gasteiger partial charge in [-0.15, -0.1) is 0 Å². The molecule has 1 aromatic heterocycles. The van der Waals surface area contributed by atoms with Crippen molar-refractivity contribution in [2.45, 2.75) is 25.7 Å². The van der Waals surface area contributed by atoms with Gasteiger partial charge in [-0.05, 0) is 43.7 Å². The van der Waals surface area contributed by atoms with Gasteiger partial charge in [-0.25, -0.2) is 17.7 Å². The van der Waals surface area contributed by atoms with E-state index in [0.717, 1.165) is 55.5 Å². The zero-order chi connectivity index (χ0) is 20.4. The molecule has 1 N–H and O–H groups in total. The Kier molecular flexibility index (Phi) is 5.74. The van der Waals surface area contributed by atoms with E-state index in [-0.39, 0.29) is 5.91 Å². The van der Waals surface area contributed by atoms with E-state index in [9.17, 15) is 13.2 Å². The molecular formula is C21H28N4O3S. The van der Waals surface area contributed by atoms with Gasteiger partial charge >= 0.3 is 0 Å². The SMILES string of the molecule is CS(=O)(=O)N1CCC(CNC(=O)c2cc3ccccc3nc2N2CCCC2)CC1. The van der Waals surface area contributed by atoms with Gasteiger partial charge in [-0.1, -0.05) is 18.2 Å². The van der Waals surface area contributed by atoms with Crippen LogP contribution >= 0.6 is 0 Å². The summed E-state index contributed by atoms with van der Waals surface area (Å²) in [6.45, 7) is 3.46. The smallest absolute Gasteiger partial charge is 0.255 e. The molecule has 1 amide bonds. The summed E-state index contributed by atoms with van der Waals surface area (Å²) < 4.78 is 24.8. The summed E-state index contributed by atoms with van der Waals surface area (Å²) in [5.74, 6) is 0.960. The van der Waals surface area contributed by atoms with Gasteiger partial charge in [0.1, 0.15) is 5.82 Å². The maximum absolute atomic E-state index is 13.0. The number of piperidine rings is 1. The summed E-state index contributed by atoms with van der Waals surface area (Å²) in [7, 11) is -3.13. The fourth-order valence-corrected chi connectivity index (χ4v) is 5.09. The van der Waals surface area contributed by atoms with Gasteiger partial charge in [-0.2, -0.15) is 0 Å². The lowest BCUT2D eigenvalue weighted by atomic mass is 9.98. The van der Waals surface area contributed by atoms with E-state index in [2.05, 4.69) is 10.2 Å². The van der Waals surface area contributed by atoms with E-state index in [1.807, 2.05) is 30.3 Å². The Hall–Kier alpha value is -2.19. The molecule has 0 saturated carbocycles. The number of pyridine rings is 1. The van der Waals surface area contributed by atoms with Crippen LogP contribution in [0.3, 0.4) is 0 Å². The third-order valence-corrected chi connectivity index (χ3v) is 7.25. The number of hydrogen-bond donors (Lipinski definition) is 1. The number of carbonyl (C=O) groups excluding carboxylic acids is 1. The second-order valence-electron chi connectivity index (χ2n) is 8.06. The van der Waals surface area contributed by atoms with Crippen LogP contribution in [-0.2, 0) is 10.0 Å². The Morgan fingerprint density at radius 3 is 2.52 bits per heavy atom. The zero-order valence-corrected chi connectivity index (χ0v) is 17.6. The second-order valence-corrected chi connectivity index (χ2v) is 10.0. The molecule has 0 spiro atoms. The van der Waals surface area contributed by atoms with Crippen LogP contribution < -0.4 is 10.2 Å². The molecule has 0 radical (unpaired) electrons. The summed E-state index contributed by atoms with van der Waals surface area (Å²) in [4.78, 5) is 20.1. The number of hydrogen-bond acceptors (Lipinski definition) is 5. The molecule has 2 saturated heterocycles. The fraction of sp³-hybridized carbons (Fsp3) is 0.524. The molecule has 0 atom stereocenters. The Bertz CT molecular complexity index is 994. The summed E-state index contributed by atoms with van der Waals surface area (Å²) in [5.41, 5.74) is 1.53. The molecule has 0 bridgehead atoms. The van der Waals surface area contributed by atoms with E-state index < -0.39 is 10.0 Å². The molecule has 2 aromatic rings. The maximum atomic E-state index is 13.0. The topological polar surface area (TPSA) is 82.6 Å².